The monoisotopic (exact) mass is 194 g/mol. The predicted molar refractivity (Wildman–Crippen MR) is 67.1 cm³/mol. The molecule has 0 heterocycles. The van der Waals surface area contributed by atoms with Gasteiger partial charge >= 0.3 is 0 Å². The molecule has 80 valence electrons. The summed E-state index contributed by atoms with van der Waals surface area (Å²) in [5.74, 6) is 0.565. The molecule has 2 N–H and O–H groups in total. The molecule has 2 nitrogen and oxygen atoms in total. The molecule has 14 heavy (non-hydrogen) atoms. The average molecular weight is 194 g/mol. The van der Waals surface area contributed by atoms with Crippen molar-refractivity contribution in [2.75, 3.05) is 19.6 Å². The standard InChI is InChI=1S/C11H23BN2/c1-4-5-10(2)9-14(7-6-13)11(3)8-12/h4-5,10H,3,6-9,12-13H2,1-2H3. The zero-order chi connectivity index (χ0) is 11.0. The summed E-state index contributed by atoms with van der Waals surface area (Å²) < 4.78 is 0. The molecule has 0 bridgehead atoms. The normalized spacial score (nSPS) is 13.1. The Morgan fingerprint density at radius 3 is 2.71 bits per heavy atom. The zero-order valence-electron chi connectivity index (χ0n) is 9.79. The lowest BCUT2D eigenvalue weighted by Crippen LogP contribution is -2.31. The number of hydrogen-bond donors (Lipinski definition) is 1. The van der Waals surface area contributed by atoms with Crippen LogP contribution < -0.4 is 5.73 Å². The second-order valence-corrected chi connectivity index (χ2v) is 3.66. The van der Waals surface area contributed by atoms with Crippen LogP contribution >= 0.6 is 0 Å². The molecule has 0 aromatic carbocycles. The molecule has 0 fully saturated rings. The summed E-state index contributed by atoms with van der Waals surface area (Å²) in [4.78, 5) is 2.28. The molecule has 0 spiro atoms. The van der Waals surface area contributed by atoms with Crippen molar-refractivity contribution in [1.82, 2.24) is 4.90 Å². The Kier molecular flexibility index (Phi) is 7.30. The number of nitrogens with zero attached hydrogens (tertiary/aromatic N) is 1. The van der Waals surface area contributed by atoms with Gasteiger partial charge in [-0.2, -0.15) is 0 Å². The van der Waals surface area contributed by atoms with Crippen LogP contribution in [0.25, 0.3) is 0 Å². The number of hydrogen-bond acceptors (Lipinski definition) is 2. The summed E-state index contributed by atoms with van der Waals surface area (Å²) in [6, 6.07) is 0. The molecule has 0 saturated carbocycles. The quantitative estimate of drug-likeness (QED) is 0.484. The van der Waals surface area contributed by atoms with Crippen LogP contribution in [0, 0.1) is 5.92 Å². The molecule has 1 unspecified atom stereocenters. The third kappa shape index (κ3) is 5.13. The van der Waals surface area contributed by atoms with Gasteiger partial charge in [0.25, 0.3) is 0 Å². The Morgan fingerprint density at radius 2 is 2.29 bits per heavy atom. The molecule has 0 aliphatic heterocycles. The van der Waals surface area contributed by atoms with Crippen LogP contribution in [0.4, 0.5) is 0 Å². The number of allylic oxidation sites excluding steroid dienone is 2. The van der Waals surface area contributed by atoms with Crippen molar-refractivity contribution < 1.29 is 0 Å². The fourth-order valence-corrected chi connectivity index (χ4v) is 1.49. The largest absolute Gasteiger partial charge is 0.374 e. The SMILES string of the molecule is BCC(=C)N(CCN)CC(C)C=CC. The molecule has 0 aromatic heterocycles. The molecule has 3 heteroatoms. The second-order valence-electron chi connectivity index (χ2n) is 3.66. The van der Waals surface area contributed by atoms with E-state index in [0.717, 1.165) is 19.4 Å². The predicted octanol–water partition coefficient (Wildman–Crippen LogP) is 1.02. The summed E-state index contributed by atoms with van der Waals surface area (Å²) in [6.45, 7) is 10.9. The first-order chi connectivity index (χ1) is 6.65. The van der Waals surface area contributed by atoms with E-state index >= 15 is 0 Å². The highest BCUT2D eigenvalue weighted by atomic mass is 15.1. The minimum absolute atomic E-state index is 0.565. The Morgan fingerprint density at radius 1 is 1.64 bits per heavy atom. The van der Waals surface area contributed by atoms with Crippen LogP contribution in [0.15, 0.2) is 24.4 Å². The fraction of sp³-hybridized carbons (Fsp3) is 0.636. The minimum Gasteiger partial charge on any atom is -0.374 e. The fourth-order valence-electron chi connectivity index (χ4n) is 1.49. The number of rotatable bonds is 7. The van der Waals surface area contributed by atoms with Gasteiger partial charge in [-0.15, -0.1) is 0 Å². The Labute approximate surface area is 89.3 Å². The van der Waals surface area contributed by atoms with Gasteiger partial charge in [0.15, 0.2) is 0 Å². The smallest absolute Gasteiger partial charge is 0.108 e. The van der Waals surface area contributed by atoms with Crippen LogP contribution in [0.2, 0.25) is 6.32 Å². The lowest BCUT2D eigenvalue weighted by atomic mass is 10.0. The topological polar surface area (TPSA) is 29.3 Å². The maximum absolute atomic E-state index is 5.57. The van der Waals surface area contributed by atoms with Crippen LogP contribution in [0.5, 0.6) is 0 Å². The van der Waals surface area contributed by atoms with Gasteiger partial charge in [0, 0.05) is 19.6 Å². The first-order valence-electron chi connectivity index (χ1n) is 5.41. The van der Waals surface area contributed by atoms with Crippen LogP contribution in [0.1, 0.15) is 13.8 Å². The molecule has 0 aromatic rings. The highest BCUT2D eigenvalue weighted by Gasteiger charge is 2.07. The van der Waals surface area contributed by atoms with Gasteiger partial charge in [-0.05, 0) is 24.9 Å². The van der Waals surface area contributed by atoms with Gasteiger partial charge in [-0.1, -0.05) is 25.7 Å². The highest BCUT2D eigenvalue weighted by molar-refractivity contribution is 6.10. The van der Waals surface area contributed by atoms with E-state index < -0.39 is 0 Å². The van der Waals surface area contributed by atoms with Crippen molar-refractivity contribution in [3.05, 3.63) is 24.4 Å². The van der Waals surface area contributed by atoms with Gasteiger partial charge in [0.1, 0.15) is 7.85 Å². The van der Waals surface area contributed by atoms with Gasteiger partial charge in [-0.25, -0.2) is 0 Å². The Hall–Kier alpha value is -0.695. The molecule has 1 atom stereocenters. The second kappa shape index (κ2) is 7.68. The van der Waals surface area contributed by atoms with Gasteiger partial charge in [0.05, 0.1) is 0 Å². The first kappa shape index (κ1) is 13.3. The Balaban J connectivity index is 4.14. The molecule has 0 rings (SSSR count). The third-order valence-corrected chi connectivity index (χ3v) is 2.28. The van der Waals surface area contributed by atoms with E-state index in [4.69, 9.17) is 5.73 Å². The lowest BCUT2D eigenvalue weighted by molar-refractivity contribution is 0.326. The van der Waals surface area contributed by atoms with E-state index in [1.807, 2.05) is 0 Å². The maximum atomic E-state index is 5.57. The molecular weight excluding hydrogens is 171 g/mol. The van der Waals surface area contributed by atoms with Gasteiger partial charge in [-0.3, -0.25) is 0 Å². The van der Waals surface area contributed by atoms with Crippen molar-refractivity contribution in [2.24, 2.45) is 11.7 Å². The van der Waals surface area contributed by atoms with Crippen molar-refractivity contribution in [3.8, 4) is 0 Å². The summed E-state index contributed by atoms with van der Waals surface area (Å²) >= 11 is 0. The van der Waals surface area contributed by atoms with Crippen LogP contribution in [-0.4, -0.2) is 32.4 Å². The molecular formula is C11H23BN2. The van der Waals surface area contributed by atoms with E-state index in [9.17, 15) is 0 Å². The molecule has 0 saturated heterocycles. The summed E-state index contributed by atoms with van der Waals surface area (Å²) in [5, 5.41) is 0. The van der Waals surface area contributed by atoms with E-state index in [0.29, 0.717) is 12.5 Å². The number of nitrogens with two attached hydrogens (primary N) is 1. The van der Waals surface area contributed by atoms with Crippen LogP contribution in [0.3, 0.4) is 0 Å². The Bertz CT molecular complexity index is 190. The average Bonchev–Trinajstić information content (AvgIpc) is 2.16. The van der Waals surface area contributed by atoms with E-state index in [2.05, 4.69) is 45.3 Å². The minimum atomic E-state index is 0.565. The van der Waals surface area contributed by atoms with Gasteiger partial charge < -0.3 is 10.6 Å². The lowest BCUT2D eigenvalue weighted by Gasteiger charge is -2.27. The zero-order valence-corrected chi connectivity index (χ0v) is 9.79. The summed E-state index contributed by atoms with van der Waals surface area (Å²) in [7, 11) is 2.13. The maximum Gasteiger partial charge on any atom is 0.108 e. The molecule has 0 aliphatic rings. The van der Waals surface area contributed by atoms with E-state index in [1.54, 1.807) is 0 Å². The van der Waals surface area contributed by atoms with Gasteiger partial charge in [0.2, 0.25) is 0 Å². The van der Waals surface area contributed by atoms with E-state index in [-0.39, 0.29) is 0 Å². The summed E-state index contributed by atoms with van der Waals surface area (Å²) in [5.41, 5.74) is 6.76. The molecule has 0 aliphatic carbocycles. The van der Waals surface area contributed by atoms with Crippen molar-refractivity contribution >= 4 is 7.85 Å². The molecule has 0 radical (unpaired) electrons. The van der Waals surface area contributed by atoms with Crippen molar-refractivity contribution in [3.63, 3.8) is 0 Å². The van der Waals surface area contributed by atoms with Crippen molar-refractivity contribution in [1.29, 1.82) is 0 Å². The first-order valence-corrected chi connectivity index (χ1v) is 5.41. The van der Waals surface area contributed by atoms with Crippen molar-refractivity contribution in [2.45, 2.75) is 20.2 Å². The van der Waals surface area contributed by atoms with Crippen LogP contribution in [-0.2, 0) is 0 Å². The molecule has 0 amide bonds. The highest BCUT2D eigenvalue weighted by Crippen LogP contribution is 2.09. The summed E-state index contributed by atoms with van der Waals surface area (Å²) in [6.07, 6.45) is 5.31. The third-order valence-electron chi connectivity index (χ3n) is 2.28. The van der Waals surface area contributed by atoms with E-state index in [1.165, 1.54) is 5.70 Å².